The standard InChI is InChI=1S/C12H14BrFN2O2.ClH/c1-7-11(15-4-5-18-7)12(17)16-10-3-2-8(13)6-9(10)14;/h2-3,6-7,11,15H,4-5H2,1H3,(H,16,17);1H/t7-,11+;/m1./s1. The summed E-state index contributed by atoms with van der Waals surface area (Å²) in [6.07, 6.45) is -0.225. The Balaban J connectivity index is 0.00000180. The minimum atomic E-state index is -0.470. The van der Waals surface area contributed by atoms with E-state index in [1.807, 2.05) is 6.92 Å². The molecule has 1 aromatic rings. The minimum Gasteiger partial charge on any atom is -0.375 e. The molecule has 2 N–H and O–H groups in total. The zero-order chi connectivity index (χ0) is 13.1. The highest BCUT2D eigenvalue weighted by Gasteiger charge is 2.28. The van der Waals surface area contributed by atoms with E-state index in [0.717, 1.165) is 0 Å². The molecule has 1 amide bonds. The molecule has 1 heterocycles. The lowest BCUT2D eigenvalue weighted by atomic mass is 10.1. The summed E-state index contributed by atoms with van der Waals surface area (Å²) in [4.78, 5) is 12.0. The van der Waals surface area contributed by atoms with Crippen molar-refractivity contribution < 1.29 is 13.9 Å². The number of carbonyl (C=O) groups excluding carboxylic acids is 1. The fourth-order valence-corrected chi connectivity index (χ4v) is 2.16. The number of morpholine rings is 1. The lowest BCUT2D eigenvalue weighted by Gasteiger charge is -2.29. The van der Waals surface area contributed by atoms with Crippen molar-refractivity contribution in [3.05, 3.63) is 28.5 Å². The van der Waals surface area contributed by atoms with Crippen molar-refractivity contribution in [2.24, 2.45) is 0 Å². The maximum absolute atomic E-state index is 13.6. The number of nitrogens with one attached hydrogen (secondary N) is 2. The molecule has 106 valence electrons. The fourth-order valence-electron chi connectivity index (χ4n) is 1.83. The van der Waals surface area contributed by atoms with Crippen molar-refractivity contribution >= 4 is 39.9 Å². The highest BCUT2D eigenvalue weighted by atomic mass is 79.9. The second-order valence-electron chi connectivity index (χ2n) is 4.12. The van der Waals surface area contributed by atoms with Crippen LogP contribution in [0.5, 0.6) is 0 Å². The van der Waals surface area contributed by atoms with E-state index in [9.17, 15) is 9.18 Å². The summed E-state index contributed by atoms with van der Waals surface area (Å²) >= 11 is 3.16. The van der Waals surface area contributed by atoms with Crippen LogP contribution in [0.2, 0.25) is 0 Å². The Morgan fingerprint density at radius 3 is 2.95 bits per heavy atom. The predicted octanol–water partition coefficient (Wildman–Crippen LogP) is 2.33. The Morgan fingerprint density at radius 1 is 1.58 bits per heavy atom. The van der Waals surface area contributed by atoms with E-state index in [2.05, 4.69) is 26.6 Å². The van der Waals surface area contributed by atoms with Gasteiger partial charge in [-0.15, -0.1) is 12.4 Å². The van der Waals surface area contributed by atoms with Gasteiger partial charge < -0.3 is 15.4 Å². The molecule has 2 rings (SSSR count). The number of benzene rings is 1. The summed E-state index contributed by atoms with van der Waals surface area (Å²) in [6.45, 7) is 3.01. The average Bonchev–Trinajstić information content (AvgIpc) is 2.33. The van der Waals surface area contributed by atoms with Gasteiger partial charge in [-0.2, -0.15) is 0 Å². The lowest BCUT2D eigenvalue weighted by molar-refractivity contribution is -0.123. The van der Waals surface area contributed by atoms with E-state index >= 15 is 0 Å². The van der Waals surface area contributed by atoms with Crippen LogP contribution in [-0.2, 0) is 9.53 Å². The molecular formula is C12H15BrClFN2O2. The first-order valence-corrected chi connectivity index (χ1v) is 6.48. The third-order valence-corrected chi connectivity index (χ3v) is 3.28. The van der Waals surface area contributed by atoms with Crippen LogP contribution in [0.3, 0.4) is 0 Å². The quantitative estimate of drug-likeness (QED) is 0.858. The number of carbonyl (C=O) groups is 1. The van der Waals surface area contributed by atoms with Crippen molar-refractivity contribution in [2.45, 2.75) is 19.1 Å². The maximum atomic E-state index is 13.6. The summed E-state index contributed by atoms with van der Waals surface area (Å²) in [5.74, 6) is -0.759. The van der Waals surface area contributed by atoms with Gasteiger partial charge in [-0.05, 0) is 25.1 Å². The summed E-state index contributed by atoms with van der Waals surface area (Å²) < 4.78 is 19.6. The first kappa shape index (κ1) is 16.4. The van der Waals surface area contributed by atoms with Gasteiger partial charge in [-0.3, -0.25) is 4.79 Å². The SMILES string of the molecule is C[C@H]1OCCN[C@@H]1C(=O)Nc1ccc(Br)cc1F.Cl. The molecule has 1 saturated heterocycles. The molecule has 0 saturated carbocycles. The Kier molecular flexibility index (Phi) is 6.19. The van der Waals surface area contributed by atoms with Gasteiger partial charge in [0.2, 0.25) is 5.91 Å². The van der Waals surface area contributed by atoms with E-state index in [4.69, 9.17) is 4.74 Å². The van der Waals surface area contributed by atoms with Gasteiger partial charge in [0.05, 0.1) is 18.4 Å². The second-order valence-corrected chi connectivity index (χ2v) is 5.04. The van der Waals surface area contributed by atoms with Gasteiger partial charge in [0.25, 0.3) is 0 Å². The van der Waals surface area contributed by atoms with Crippen LogP contribution in [0.15, 0.2) is 22.7 Å². The van der Waals surface area contributed by atoms with Gasteiger partial charge in [-0.1, -0.05) is 15.9 Å². The van der Waals surface area contributed by atoms with Crippen molar-refractivity contribution in [3.63, 3.8) is 0 Å². The second kappa shape index (κ2) is 7.19. The molecular weight excluding hydrogens is 338 g/mol. The van der Waals surface area contributed by atoms with E-state index in [0.29, 0.717) is 17.6 Å². The van der Waals surface area contributed by atoms with E-state index in [-0.39, 0.29) is 30.1 Å². The van der Waals surface area contributed by atoms with E-state index < -0.39 is 11.9 Å². The molecule has 0 unspecified atom stereocenters. The van der Waals surface area contributed by atoms with E-state index in [1.165, 1.54) is 12.1 Å². The summed E-state index contributed by atoms with van der Waals surface area (Å²) in [5.41, 5.74) is 0.169. The van der Waals surface area contributed by atoms with Crippen LogP contribution in [0, 0.1) is 5.82 Å². The summed E-state index contributed by atoms with van der Waals surface area (Å²) in [7, 11) is 0. The Hall–Kier alpha value is -0.690. The normalized spacial score (nSPS) is 22.5. The highest BCUT2D eigenvalue weighted by Crippen LogP contribution is 2.20. The van der Waals surface area contributed by atoms with Gasteiger partial charge in [0.15, 0.2) is 0 Å². The Labute approximate surface area is 125 Å². The molecule has 4 nitrogen and oxygen atoms in total. The summed E-state index contributed by atoms with van der Waals surface area (Å²) in [5, 5.41) is 5.61. The largest absolute Gasteiger partial charge is 0.375 e. The third-order valence-electron chi connectivity index (χ3n) is 2.79. The molecule has 1 aromatic carbocycles. The van der Waals surface area contributed by atoms with Crippen molar-refractivity contribution in [1.82, 2.24) is 5.32 Å². The summed E-state index contributed by atoms with van der Waals surface area (Å²) in [6, 6.07) is 4.05. The van der Waals surface area contributed by atoms with Crippen molar-refractivity contribution in [1.29, 1.82) is 0 Å². The number of halogens is 3. The van der Waals surface area contributed by atoms with Gasteiger partial charge in [0.1, 0.15) is 11.9 Å². The molecule has 0 spiro atoms. The van der Waals surface area contributed by atoms with Gasteiger partial charge >= 0.3 is 0 Å². The lowest BCUT2D eigenvalue weighted by Crippen LogP contribution is -2.53. The maximum Gasteiger partial charge on any atom is 0.244 e. The van der Waals surface area contributed by atoms with Crippen molar-refractivity contribution in [2.75, 3.05) is 18.5 Å². The van der Waals surface area contributed by atoms with Gasteiger partial charge in [0, 0.05) is 11.0 Å². The number of rotatable bonds is 2. The highest BCUT2D eigenvalue weighted by molar-refractivity contribution is 9.10. The zero-order valence-electron chi connectivity index (χ0n) is 10.3. The van der Waals surface area contributed by atoms with E-state index in [1.54, 1.807) is 6.07 Å². The molecule has 0 bridgehead atoms. The number of hydrogen-bond acceptors (Lipinski definition) is 3. The van der Waals surface area contributed by atoms with Gasteiger partial charge in [-0.25, -0.2) is 4.39 Å². The number of hydrogen-bond donors (Lipinski definition) is 2. The molecule has 1 fully saturated rings. The van der Waals surface area contributed by atoms with Crippen LogP contribution >= 0.6 is 28.3 Å². The number of ether oxygens (including phenoxy) is 1. The van der Waals surface area contributed by atoms with Crippen LogP contribution in [0.4, 0.5) is 10.1 Å². The van der Waals surface area contributed by atoms with Crippen LogP contribution in [0.1, 0.15) is 6.92 Å². The molecule has 19 heavy (non-hydrogen) atoms. The van der Waals surface area contributed by atoms with Crippen LogP contribution in [-0.4, -0.2) is 31.2 Å². The molecule has 2 atom stereocenters. The minimum absolute atomic E-state index is 0. The zero-order valence-corrected chi connectivity index (χ0v) is 12.7. The molecule has 1 aliphatic rings. The number of amides is 1. The number of anilines is 1. The molecule has 7 heteroatoms. The predicted molar refractivity (Wildman–Crippen MR) is 77.2 cm³/mol. The Bertz CT molecular complexity index is 461. The molecule has 0 radical (unpaired) electrons. The monoisotopic (exact) mass is 352 g/mol. The van der Waals surface area contributed by atoms with Crippen LogP contribution in [0.25, 0.3) is 0 Å². The first-order valence-electron chi connectivity index (χ1n) is 5.69. The average molecular weight is 354 g/mol. The third kappa shape index (κ3) is 4.14. The Morgan fingerprint density at radius 2 is 2.32 bits per heavy atom. The first-order chi connectivity index (χ1) is 8.58. The fraction of sp³-hybridized carbons (Fsp3) is 0.417. The molecule has 0 aromatic heterocycles. The topological polar surface area (TPSA) is 50.4 Å². The molecule has 1 aliphatic heterocycles. The van der Waals surface area contributed by atoms with Crippen molar-refractivity contribution in [3.8, 4) is 0 Å². The molecule has 0 aliphatic carbocycles. The smallest absolute Gasteiger partial charge is 0.244 e. The van der Waals surface area contributed by atoms with Crippen LogP contribution < -0.4 is 10.6 Å².